The summed E-state index contributed by atoms with van der Waals surface area (Å²) in [5.41, 5.74) is 0.327. The highest BCUT2D eigenvalue weighted by atomic mass is 16.5. The average molecular weight is 377 g/mol. The minimum absolute atomic E-state index is 0.0707. The molecular formula is C20H31N3O4. The third-order valence-corrected chi connectivity index (χ3v) is 5.64. The molecule has 3 rings (SSSR count). The number of carbonyl (C=O) groups is 2. The van der Waals surface area contributed by atoms with Crippen molar-refractivity contribution in [3.8, 4) is 0 Å². The fourth-order valence-corrected chi connectivity index (χ4v) is 3.82. The molecule has 1 aromatic heterocycles. The maximum Gasteiger partial charge on any atom is 0.273 e. The van der Waals surface area contributed by atoms with Crippen LogP contribution in [0.3, 0.4) is 0 Å². The predicted octanol–water partition coefficient (Wildman–Crippen LogP) is 2.60. The first-order valence-corrected chi connectivity index (χ1v) is 10.3. The molecule has 2 saturated carbocycles. The smallest absolute Gasteiger partial charge is 0.273 e. The normalized spacial score (nSPS) is 25.6. The zero-order valence-corrected chi connectivity index (χ0v) is 16.3. The van der Waals surface area contributed by atoms with Crippen LogP contribution in [-0.2, 0) is 16.0 Å². The summed E-state index contributed by atoms with van der Waals surface area (Å²) in [6.07, 6.45) is 8.27. The van der Waals surface area contributed by atoms with Gasteiger partial charge in [0.2, 0.25) is 5.91 Å². The molecule has 2 aliphatic carbocycles. The highest BCUT2D eigenvalue weighted by Gasteiger charge is 2.37. The van der Waals surface area contributed by atoms with Crippen molar-refractivity contribution in [2.75, 3.05) is 6.61 Å². The standard InChI is InChI=1S/C20H31N3O4/c1-3-10-26-17-9-8-13(19(24)22-14-6-5-7-14)11-15(17)23-20(25)18-16(4-2)27-12-21-18/h12-15,17H,3-11H2,1-2H3,(H,22,24)(H,23,25)/t13-,15+,17+/m0/s1. The van der Waals surface area contributed by atoms with Crippen molar-refractivity contribution in [2.45, 2.75) is 83.4 Å². The van der Waals surface area contributed by atoms with Crippen molar-refractivity contribution in [1.82, 2.24) is 15.6 Å². The Morgan fingerprint density at radius 2 is 2.04 bits per heavy atom. The Hall–Kier alpha value is -1.89. The van der Waals surface area contributed by atoms with Crippen molar-refractivity contribution >= 4 is 11.8 Å². The summed E-state index contributed by atoms with van der Waals surface area (Å²) in [5, 5.41) is 6.20. The third-order valence-electron chi connectivity index (χ3n) is 5.64. The van der Waals surface area contributed by atoms with Gasteiger partial charge in [-0.05, 0) is 44.9 Å². The van der Waals surface area contributed by atoms with Crippen LogP contribution in [-0.4, -0.2) is 41.6 Å². The molecule has 2 amide bonds. The number of hydrogen-bond acceptors (Lipinski definition) is 5. The lowest BCUT2D eigenvalue weighted by Gasteiger charge is -2.37. The second kappa shape index (κ2) is 9.35. The van der Waals surface area contributed by atoms with Crippen molar-refractivity contribution in [1.29, 1.82) is 0 Å². The van der Waals surface area contributed by atoms with E-state index in [2.05, 4.69) is 22.5 Å². The van der Waals surface area contributed by atoms with Gasteiger partial charge in [0.1, 0.15) is 5.76 Å². The van der Waals surface area contributed by atoms with E-state index in [1.807, 2.05) is 6.92 Å². The van der Waals surface area contributed by atoms with E-state index in [-0.39, 0.29) is 29.9 Å². The molecule has 0 spiro atoms. The highest BCUT2D eigenvalue weighted by molar-refractivity contribution is 5.93. The maximum absolute atomic E-state index is 12.7. The first-order chi connectivity index (χ1) is 13.1. The number of nitrogens with zero attached hydrogens (tertiary/aromatic N) is 1. The average Bonchev–Trinajstić information content (AvgIpc) is 3.12. The molecule has 7 nitrogen and oxygen atoms in total. The van der Waals surface area contributed by atoms with E-state index >= 15 is 0 Å². The lowest BCUT2D eigenvalue weighted by Crippen LogP contribution is -2.52. The summed E-state index contributed by atoms with van der Waals surface area (Å²) in [5.74, 6) is 0.355. The predicted molar refractivity (Wildman–Crippen MR) is 100 cm³/mol. The molecule has 0 radical (unpaired) electrons. The van der Waals surface area contributed by atoms with Gasteiger partial charge in [0.05, 0.1) is 12.1 Å². The quantitative estimate of drug-likeness (QED) is 0.726. The van der Waals surface area contributed by atoms with E-state index in [1.54, 1.807) is 0 Å². The minimum Gasteiger partial charge on any atom is -0.448 e. The van der Waals surface area contributed by atoms with Gasteiger partial charge >= 0.3 is 0 Å². The van der Waals surface area contributed by atoms with Gasteiger partial charge in [-0.1, -0.05) is 13.8 Å². The molecule has 3 atom stereocenters. The van der Waals surface area contributed by atoms with Crippen LogP contribution >= 0.6 is 0 Å². The number of oxazole rings is 1. The highest BCUT2D eigenvalue weighted by Crippen LogP contribution is 2.29. The monoisotopic (exact) mass is 377 g/mol. The molecule has 1 heterocycles. The van der Waals surface area contributed by atoms with Gasteiger partial charge in [-0.25, -0.2) is 4.98 Å². The Labute approximate surface area is 160 Å². The number of aryl methyl sites for hydroxylation is 1. The molecule has 0 aromatic carbocycles. The molecule has 2 aliphatic rings. The van der Waals surface area contributed by atoms with Crippen LogP contribution in [0.1, 0.15) is 75.0 Å². The molecular weight excluding hydrogens is 346 g/mol. The van der Waals surface area contributed by atoms with Crippen molar-refractivity contribution in [3.63, 3.8) is 0 Å². The SMILES string of the molecule is CCCO[C@@H]1CC[C@H](C(=O)NC2CCC2)C[C@H]1NC(=O)c1ncoc1CC. The number of aromatic nitrogens is 1. The summed E-state index contributed by atoms with van der Waals surface area (Å²) in [6.45, 7) is 4.64. The molecule has 2 N–H and O–H groups in total. The van der Waals surface area contributed by atoms with Crippen molar-refractivity contribution in [2.24, 2.45) is 5.92 Å². The number of carbonyl (C=O) groups excluding carboxylic acids is 2. The van der Waals surface area contributed by atoms with Crippen LogP contribution < -0.4 is 10.6 Å². The number of ether oxygens (including phenoxy) is 1. The Bertz CT molecular complexity index is 641. The van der Waals surface area contributed by atoms with E-state index < -0.39 is 0 Å². The minimum atomic E-state index is -0.254. The molecule has 0 unspecified atom stereocenters. The summed E-state index contributed by atoms with van der Waals surface area (Å²) < 4.78 is 11.2. The zero-order chi connectivity index (χ0) is 19.2. The first-order valence-electron chi connectivity index (χ1n) is 10.3. The van der Waals surface area contributed by atoms with Gasteiger partial charge in [-0.2, -0.15) is 0 Å². The van der Waals surface area contributed by atoms with Gasteiger partial charge in [-0.15, -0.1) is 0 Å². The fraction of sp³-hybridized carbons (Fsp3) is 0.750. The summed E-state index contributed by atoms with van der Waals surface area (Å²) in [7, 11) is 0. The van der Waals surface area contributed by atoms with Crippen molar-refractivity contribution in [3.05, 3.63) is 17.8 Å². The largest absolute Gasteiger partial charge is 0.448 e. The lowest BCUT2D eigenvalue weighted by molar-refractivity contribution is -0.128. The van der Waals surface area contributed by atoms with E-state index in [1.165, 1.54) is 12.8 Å². The molecule has 0 saturated heterocycles. The number of amides is 2. The summed E-state index contributed by atoms with van der Waals surface area (Å²) in [4.78, 5) is 29.3. The summed E-state index contributed by atoms with van der Waals surface area (Å²) >= 11 is 0. The van der Waals surface area contributed by atoms with Crippen LogP contribution in [0, 0.1) is 5.92 Å². The molecule has 7 heteroatoms. The van der Waals surface area contributed by atoms with E-state index in [9.17, 15) is 9.59 Å². The van der Waals surface area contributed by atoms with Gasteiger partial charge in [0.15, 0.2) is 12.1 Å². The van der Waals surface area contributed by atoms with Crippen LogP contribution in [0.5, 0.6) is 0 Å². The van der Waals surface area contributed by atoms with Crippen molar-refractivity contribution < 1.29 is 18.7 Å². The molecule has 0 bridgehead atoms. The fourth-order valence-electron chi connectivity index (χ4n) is 3.82. The molecule has 0 aliphatic heterocycles. The Morgan fingerprint density at radius 3 is 2.70 bits per heavy atom. The number of rotatable bonds is 8. The Balaban J connectivity index is 1.64. The van der Waals surface area contributed by atoms with Gasteiger partial charge in [0, 0.05) is 25.0 Å². The van der Waals surface area contributed by atoms with E-state index in [0.29, 0.717) is 36.9 Å². The van der Waals surface area contributed by atoms with E-state index in [0.717, 1.165) is 32.1 Å². The number of hydrogen-bond donors (Lipinski definition) is 2. The van der Waals surface area contributed by atoms with Crippen LogP contribution in [0.2, 0.25) is 0 Å². The molecule has 1 aromatic rings. The first kappa shape index (κ1) is 19.9. The van der Waals surface area contributed by atoms with Crippen LogP contribution in [0.4, 0.5) is 0 Å². The lowest BCUT2D eigenvalue weighted by atomic mass is 9.82. The third kappa shape index (κ3) is 4.89. The van der Waals surface area contributed by atoms with Crippen LogP contribution in [0.15, 0.2) is 10.8 Å². The Morgan fingerprint density at radius 1 is 1.22 bits per heavy atom. The number of nitrogens with one attached hydrogen (secondary N) is 2. The molecule has 150 valence electrons. The Kier molecular flexibility index (Phi) is 6.88. The second-order valence-corrected chi connectivity index (χ2v) is 7.61. The van der Waals surface area contributed by atoms with Gasteiger partial charge in [0.25, 0.3) is 5.91 Å². The van der Waals surface area contributed by atoms with Gasteiger partial charge < -0.3 is 19.8 Å². The topological polar surface area (TPSA) is 93.5 Å². The maximum atomic E-state index is 12.7. The van der Waals surface area contributed by atoms with Crippen LogP contribution in [0.25, 0.3) is 0 Å². The summed E-state index contributed by atoms with van der Waals surface area (Å²) in [6, 6.07) is 0.137. The zero-order valence-electron chi connectivity index (χ0n) is 16.3. The second-order valence-electron chi connectivity index (χ2n) is 7.61. The molecule has 27 heavy (non-hydrogen) atoms. The molecule has 2 fully saturated rings. The van der Waals surface area contributed by atoms with Gasteiger partial charge in [-0.3, -0.25) is 9.59 Å². The van der Waals surface area contributed by atoms with E-state index in [4.69, 9.17) is 9.15 Å².